The third-order valence-electron chi connectivity index (χ3n) is 4.37. The smallest absolute Gasteiger partial charge is 0.211 e. The molecule has 1 aromatic carbocycles. The zero-order valence-electron chi connectivity index (χ0n) is 15.8. The molecule has 1 saturated heterocycles. The van der Waals surface area contributed by atoms with Crippen LogP contribution >= 0.6 is 35.7 Å². The lowest BCUT2D eigenvalue weighted by molar-refractivity contribution is 0.387. The van der Waals surface area contributed by atoms with E-state index in [2.05, 4.69) is 47.0 Å². The molecule has 0 amide bonds. The van der Waals surface area contributed by atoms with Gasteiger partial charge in [-0.2, -0.15) is 4.31 Å². The molecular weight excluding hydrogens is 483 g/mol. The molecule has 0 aromatic heterocycles. The molecule has 1 aliphatic heterocycles. The van der Waals surface area contributed by atoms with Gasteiger partial charge in [-0.15, -0.1) is 35.7 Å². The highest BCUT2D eigenvalue weighted by molar-refractivity contribution is 14.0. The third kappa shape index (κ3) is 6.58. The normalized spacial score (nSPS) is 18.5. The fourth-order valence-corrected chi connectivity index (χ4v) is 4.95. The molecule has 148 valence electrons. The number of guanidine groups is 1. The topological polar surface area (TPSA) is 73.8 Å². The lowest BCUT2D eigenvalue weighted by atomic mass is 10.1. The molecule has 9 heteroatoms. The van der Waals surface area contributed by atoms with Gasteiger partial charge < -0.3 is 10.6 Å². The van der Waals surface area contributed by atoms with Crippen molar-refractivity contribution in [1.29, 1.82) is 0 Å². The number of thioether (sulfide) groups is 1. The summed E-state index contributed by atoms with van der Waals surface area (Å²) in [5.74, 6) is 0.688. The first kappa shape index (κ1) is 23.5. The molecule has 1 fully saturated rings. The number of nitrogens with one attached hydrogen (secondary N) is 2. The molecule has 2 N–H and O–H groups in total. The Morgan fingerprint density at radius 2 is 2.12 bits per heavy atom. The number of aryl methyl sites for hydroxylation is 1. The number of nitrogens with zero attached hydrogens (tertiary/aromatic N) is 2. The zero-order valence-corrected chi connectivity index (χ0v) is 19.7. The Labute approximate surface area is 178 Å². The molecule has 0 unspecified atom stereocenters. The molecule has 1 heterocycles. The van der Waals surface area contributed by atoms with Crippen LogP contribution in [0, 0.1) is 6.92 Å². The summed E-state index contributed by atoms with van der Waals surface area (Å²) < 4.78 is 25.2. The minimum absolute atomic E-state index is 0. The van der Waals surface area contributed by atoms with E-state index in [9.17, 15) is 8.42 Å². The summed E-state index contributed by atoms with van der Waals surface area (Å²) >= 11 is 1.73. The van der Waals surface area contributed by atoms with Crippen molar-refractivity contribution in [3.63, 3.8) is 0 Å². The molecular formula is C17H29IN4O2S2. The summed E-state index contributed by atoms with van der Waals surface area (Å²) in [6.45, 7) is 3.94. The molecule has 1 aromatic rings. The van der Waals surface area contributed by atoms with Crippen LogP contribution in [0.5, 0.6) is 0 Å². The quantitative estimate of drug-likeness (QED) is 0.265. The summed E-state index contributed by atoms with van der Waals surface area (Å²) in [7, 11) is -1.42. The highest BCUT2D eigenvalue weighted by Gasteiger charge is 2.31. The van der Waals surface area contributed by atoms with Crippen molar-refractivity contribution in [2.45, 2.75) is 37.2 Å². The number of sulfonamides is 1. The van der Waals surface area contributed by atoms with Crippen molar-refractivity contribution in [2.24, 2.45) is 4.99 Å². The monoisotopic (exact) mass is 512 g/mol. The number of hydrogen-bond acceptors (Lipinski definition) is 4. The van der Waals surface area contributed by atoms with Gasteiger partial charge in [0.2, 0.25) is 10.0 Å². The number of benzene rings is 1. The van der Waals surface area contributed by atoms with E-state index in [0.717, 1.165) is 12.8 Å². The van der Waals surface area contributed by atoms with E-state index in [4.69, 9.17) is 0 Å². The summed E-state index contributed by atoms with van der Waals surface area (Å²) in [5, 5.41) is 6.57. The average molecular weight is 512 g/mol. The van der Waals surface area contributed by atoms with Gasteiger partial charge in [0.15, 0.2) is 5.96 Å². The Balaban J connectivity index is 0.00000338. The van der Waals surface area contributed by atoms with Crippen LogP contribution < -0.4 is 10.6 Å². The minimum Gasteiger partial charge on any atom is -0.355 e. The maximum absolute atomic E-state index is 11.8. The molecule has 1 aliphatic rings. The predicted octanol–water partition coefficient (Wildman–Crippen LogP) is 2.42. The van der Waals surface area contributed by atoms with E-state index in [1.54, 1.807) is 23.1 Å². The van der Waals surface area contributed by atoms with Gasteiger partial charge in [0.25, 0.3) is 0 Å². The van der Waals surface area contributed by atoms with E-state index < -0.39 is 10.0 Å². The van der Waals surface area contributed by atoms with Crippen molar-refractivity contribution in [3.05, 3.63) is 29.3 Å². The molecule has 1 atom stereocenters. The van der Waals surface area contributed by atoms with Crippen molar-refractivity contribution in [1.82, 2.24) is 14.9 Å². The second-order valence-electron chi connectivity index (χ2n) is 6.29. The van der Waals surface area contributed by atoms with Crippen LogP contribution in [-0.4, -0.2) is 57.4 Å². The standard InChI is InChI=1S/C17H28N4O2S2.HI/c1-13-7-8-14(16(10-13)24-3)11-19-17(18-2)20-12-15-6-5-9-21(15)25(4,22)23;/h7-8,10,15H,5-6,9,11-12H2,1-4H3,(H2,18,19,20);1H/t15-;/m1./s1. The molecule has 0 bridgehead atoms. The largest absolute Gasteiger partial charge is 0.355 e. The summed E-state index contributed by atoms with van der Waals surface area (Å²) in [6, 6.07) is 6.41. The molecule has 0 aliphatic carbocycles. The maximum Gasteiger partial charge on any atom is 0.211 e. The Bertz CT molecular complexity index is 725. The van der Waals surface area contributed by atoms with Gasteiger partial charge in [-0.05, 0) is 43.2 Å². The molecule has 6 nitrogen and oxygen atoms in total. The van der Waals surface area contributed by atoms with Gasteiger partial charge in [0, 0.05) is 37.6 Å². The summed E-state index contributed by atoms with van der Waals surface area (Å²) in [5.41, 5.74) is 2.47. The average Bonchev–Trinajstić information content (AvgIpc) is 3.04. The fraction of sp³-hybridized carbons (Fsp3) is 0.588. The highest BCUT2D eigenvalue weighted by atomic mass is 127. The Morgan fingerprint density at radius 1 is 1.38 bits per heavy atom. The van der Waals surface area contributed by atoms with Crippen LogP contribution in [0.25, 0.3) is 0 Å². The SMILES string of the molecule is CN=C(NCc1ccc(C)cc1SC)NC[C@H]1CCCN1S(C)(=O)=O.I. The van der Waals surface area contributed by atoms with E-state index in [0.29, 0.717) is 25.6 Å². The molecule has 2 rings (SSSR count). The van der Waals surface area contributed by atoms with Crippen LogP contribution in [0.2, 0.25) is 0 Å². The van der Waals surface area contributed by atoms with Crippen LogP contribution in [0.3, 0.4) is 0 Å². The van der Waals surface area contributed by atoms with Crippen LogP contribution in [0.1, 0.15) is 24.0 Å². The van der Waals surface area contributed by atoms with Crippen LogP contribution in [0.4, 0.5) is 0 Å². The zero-order chi connectivity index (χ0) is 18.4. The first-order valence-corrected chi connectivity index (χ1v) is 11.5. The predicted molar refractivity (Wildman–Crippen MR) is 121 cm³/mol. The molecule has 26 heavy (non-hydrogen) atoms. The number of hydrogen-bond donors (Lipinski definition) is 2. The van der Waals surface area contributed by atoms with Gasteiger partial charge in [0.1, 0.15) is 0 Å². The van der Waals surface area contributed by atoms with Crippen molar-refractivity contribution < 1.29 is 8.42 Å². The second-order valence-corrected chi connectivity index (χ2v) is 9.07. The number of aliphatic imine (C=N–C) groups is 1. The Kier molecular flexibility index (Phi) is 9.70. The van der Waals surface area contributed by atoms with Gasteiger partial charge >= 0.3 is 0 Å². The van der Waals surface area contributed by atoms with Gasteiger partial charge in [-0.3, -0.25) is 4.99 Å². The minimum atomic E-state index is -3.14. The van der Waals surface area contributed by atoms with Gasteiger partial charge in [-0.25, -0.2) is 8.42 Å². The molecule has 0 radical (unpaired) electrons. The lowest BCUT2D eigenvalue weighted by Gasteiger charge is -2.23. The van der Waals surface area contributed by atoms with E-state index in [1.807, 2.05) is 0 Å². The first-order valence-electron chi connectivity index (χ1n) is 8.40. The van der Waals surface area contributed by atoms with Gasteiger partial charge in [0.05, 0.1) is 6.26 Å². The molecule has 0 saturated carbocycles. The first-order chi connectivity index (χ1) is 11.8. The lowest BCUT2D eigenvalue weighted by Crippen LogP contribution is -2.46. The summed E-state index contributed by atoms with van der Waals surface area (Å²) in [6.07, 6.45) is 5.14. The Hall–Kier alpha value is -0.520. The maximum atomic E-state index is 11.8. The number of halogens is 1. The van der Waals surface area contributed by atoms with E-state index in [1.165, 1.54) is 22.3 Å². The Morgan fingerprint density at radius 3 is 2.73 bits per heavy atom. The van der Waals surface area contributed by atoms with E-state index >= 15 is 0 Å². The van der Waals surface area contributed by atoms with Gasteiger partial charge in [-0.1, -0.05) is 12.1 Å². The summed E-state index contributed by atoms with van der Waals surface area (Å²) in [4.78, 5) is 5.50. The van der Waals surface area contributed by atoms with Crippen LogP contribution in [0.15, 0.2) is 28.1 Å². The third-order valence-corrected chi connectivity index (χ3v) is 6.52. The van der Waals surface area contributed by atoms with E-state index in [-0.39, 0.29) is 30.0 Å². The highest BCUT2D eigenvalue weighted by Crippen LogP contribution is 2.22. The van der Waals surface area contributed by atoms with Crippen LogP contribution in [-0.2, 0) is 16.6 Å². The number of rotatable bonds is 6. The second kappa shape index (κ2) is 10.7. The van der Waals surface area contributed by atoms with Crippen molar-refractivity contribution in [3.8, 4) is 0 Å². The molecule has 0 spiro atoms. The fourth-order valence-electron chi connectivity index (χ4n) is 3.06. The van der Waals surface area contributed by atoms with Crippen molar-refractivity contribution >= 4 is 51.7 Å². The van der Waals surface area contributed by atoms with Crippen molar-refractivity contribution in [2.75, 3.05) is 32.6 Å².